The molecule has 0 radical (unpaired) electrons. The molecule has 2 fully saturated rings. The lowest BCUT2D eigenvalue weighted by Crippen LogP contribution is -2.46. The molecule has 2 saturated heterocycles. The Morgan fingerprint density at radius 1 is 1.18 bits per heavy atom. The molecule has 0 saturated carbocycles. The summed E-state index contributed by atoms with van der Waals surface area (Å²) in [7, 11) is 1.85. The number of piperidine rings is 1. The molecule has 6 heteroatoms. The van der Waals surface area contributed by atoms with Gasteiger partial charge in [-0.05, 0) is 37.8 Å². The van der Waals surface area contributed by atoms with Crippen molar-refractivity contribution in [3.05, 3.63) is 35.9 Å². The lowest BCUT2D eigenvalue weighted by atomic mass is 9.95. The van der Waals surface area contributed by atoms with Crippen LogP contribution in [0.1, 0.15) is 50.7 Å². The molecule has 28 heavy (non-hydrogen) atoms. The highest BCUT2D eigenvalue weighted by atomic mass is 127. The summed E-state index contributed by atoms with van der Waals surface area (Å²) in [6, 6.07) is 11.3. The number of guanidine groups is 1. The molecular formula is C22H37IN4O. The number of likely N-dealkylation sites (tertiary alicyclic amines) is 1. The molecule has 0 spiro atoms. The quantitative estimate of drug-likeness (QED) is 0.340. The van der Waals surface area contributed by atoms with Gasteiger partial charge in [-0.3, -0.25) is 9.89 Å². The monoisotopic (exact) mass is 500 g/mol. The highest BCUT2D eigenvalue weighted by Gasteiger charge is 2.29. The third-order valence-electron chi connectivity index (χ3n) is 6.01. The number of benzene rings is 1. The van der Waals surface area contributed by atoms with Crippen molar-refractivity contribution in [2.75, 3.05) is 39.8 Å². The summed E-state index contributed by atoms with van der Waals surface area (Å²) in [5.74, 6) is 1.39. The van der Waals surface area contributed by atoms with Crippen molar-refractivity contribution in [1.82, 2.24) is 15.5 Å². The van der Waals surface area contributed by atoms with Crippen LogP contribution in [0.15, 0.2) is 35.3 Å². The number of hydrogen-bond donors (Lipinski definition) is 2. The van der Waals surface area contributed by atoms with E-state index in [0.29, 0.717) is 5.92 Å². The lowest BCUT2D eigenvalue weighted by molar-refractivity contribution is 0.0915. The smallest absolute Gasteiger partial charge is 0.191 e. The van der Waals surface area contributed by atoms with Gasteiger partial charge >= 0.3 is 0 Å². The van der Waals surface area contributed by atoms with E-state index >= 15 is 0 Å². The molecule has 0 bridgehead atoms. The van der Waals surface area contributed by atoms with E-state index in [-0.39, 0.29) is 30.1 Å². The Morgan fingerprint density at radius 2 is 2.00 bits per heavy atom. The lowest BCUT2D eigenvalue weighted by Gasteiger charge is -2.35. The minimum atomic E-state index is 0. The van der Waals surface area contributed by atoms with Crippen molar-refractivity contribution in [2.24, 2.45) is 10.9 Å². The first-order valence-electron chi connectivity index (χ1n) is 10.7. The van der Waals surface area contributed by atoms with Crippen LogP contribution in [0.25, 0.3) is 0 Å². The normalized spacial score (nSPS) is 25.9. The molecular weight excluding hydrogens is 463 g/mol. The van der Waals surface area contributed by atoms with E-state index in [1.165, 1.54) is 37.8 Å². The minimum absolute atomic E-state index is 0. The molecule has 0 aromatic heterocycles. The highest BCUT2D eigenvalue weighted by Crippen LogP contribution is 2.33. The van der Waals surface area contributed by atoms with E-state index < -0.39 is 0 Å². The first-order valence-corrected chi connectivity index (χ1v) is 10.7. The number of aliphatic imine (C=N–C) groups is 1. The summed E-state index contributed by atoms with van der Waals surface area (Å²) in [5, 5.41) is 7.01. The van der Waals surface area contributed by atoms with Crippen LogP contribution in [0.3, 0.4) is 0 Å². The Morgan fingerprint density at radius 3 is 2.75 bits per heavy atom. The van der Waals surface area contributed by atoms with E-state index in [9.17, 15) is 0 Å². The second kappa shape index (κ2) is 12.6. The van der Waals surface area contributed by atoms with Gasteiger partial charge in [0.05, 0.1) is 6.10 Å². The average molecular weight is 500 g/mol. The zero-order valence-corrected chi connectivity index (χ0v) is 19.7. The number of ether oxygens (including phenoxy) is 1. The summed E-state index contributed by atoms with van der Waals surface area (Å²) in [4.78, 5) is 7.04. The van der Waals surface area contributed by atoms with Gasteiger partial charge in [-0.15, -0.1) is 24.0 Å². The Labute approximate surface area is 187 Å². The van der Waals surface area contributed by atoms with E-state index in [1.807, 2.05) is 7.05 Å². The minimum Gasteiger partial charge on any atom is -0.373 e. The maximum absolute atomic E-state index is 6.00. The molecule has 1 aromatic rings. The molecule has 2 heterocycles. The average Bonchev–Trinajstić information content (AvgIpc) is 3.20. The SMILES string of the molecule is CCC1CCCCN1CCNC(=NC)NCC1CCOC1c1ccccc1.I. The molecule has 2 aliphatic heterocycles. The summed E-state index contributed by atoms with van der Waals surface area (Å²) < 4.78 is 6.00. The molecule has 158 valence electrons. The van der Waals surface area contributed by atoms with Gasteiger partial charge in [0.1, 0.15) is 0 Å². The Balaban J connectivity index is 0.00000280. The van der Waals surface area contributed by atoms with E-state index in [0.717, 1.165) is 44.7 Å². The van der Waals surface area contributed by atoms with Crippen LogP contribution in [-0.4, -0.2) is 56.7 Å². The van der Waals surface area contributed by atoms with Crippen molar-refractivity contribution < 1.29 is 4.74 Å². The Kier molecular flexibility index (Phi) is 10.6. The molecule has 0 amide bonds. The fourth-order valence-electron chi connectivity index (χ4n) is 4.44. The maximum atomic E-state index is 6.00. The molecule has 2 aliphatic rings. The van der Waals surface area contributed by atoms with Crippen molar-refractivity contribution in [3.8, 4) is 0 Å². The van der Waals surface area contributed by atoms with Crippen LogP contribution in [0.4, 0.5) is 0 Å². The molecule has 3 rings (SSSR count). The summed E-state index contributed by atoms with van der Waals surface area (Å²) >= 11 is 0. The van der Waals surface area contributed by atoms with Gasteiger partial charge in [-0.2, -0.15) is 0 Å². The van der Waals surface area contributed by atoms with Crippen LogP contribution >= 0.6 is 24.0 Å². The number of rotatable bonds is 7. The fourth-order valence-corrected chi connectivity index (χ4v) is 4.44. The van der Waals surface area contributed by atoms with Gasteiger partial charge in [-0.1, -0.05) is 43.7 Å². The summed E-state index contributed by atoms with van der Waals surface area (Å²) in [5.41, 5.74) is 1.28. The third kappa shape index (κ3) is 6.59. The number of nitrogens with zero attached hydrogens (tertiary/aromatic N) is 2. The van der Waals surface area contributed by atoms with Gasteiger partial charge in [0.25, 0.3) is 0 Å². The number of nitrogens with one attached hydrogen (secondary N) is 2. The first kappa shape index (κ1) is 23.4. The number of hydrogen-bond acceptors (Lipinski definition) is 3. The summed E-state index contributed by atoms with van der Waals surface area (Å²) in [6.07, 6.45) is 6.62. The van der Waals surface area contributed by atoms with E-state index in [4.69, 9.17) is 4.74 Å². The van der Waals surface area contributed by atoms with Gasteiger partial charge < -0.3 is 15.4 Å². The zero-order valence-electron chi connectivity index (χ0n) is 17.4. The van der Waals surface area contributed by atoms with Crippen LogP contribution in [-0.2, 0) is 4.74 Å². The van der Waals surface area contributed by atoms with E-state index in [1.54, 1.807) is 0 Å². The van der Waals surface area contributed by atoms with Crippen molar-refractivity contribution in [2.45, 2.75) is 51.2 Å². The van der Waals surface area contributed by atoms with Gasteiger partial charge in [0.15, 0.2) is 5.96 Å². The zero-order chi connectivity index (χ0) is 18.9. The van der Waals surface area contributed by atoms with Crippen LogP contribution in [0.2, 0.25) is 0 Å². The maximum Gasteiger partial charge on any atom is 0.191 e. The fraction of sp³-hybridized carbons (Fsp3) is 0.682. The van der Waals surface area contributed by atoms with Gasteiger partial charge in [0, 0.05) is 45.2 Å². The molecule has 1 aromatic carbocycles. The topological polar surface area (TPSA) is 48.9 Å². The standard InChI is InChI=1S/C22H36N4O.HI/c1-3-20-11-7-8-14-26(20)15-13-24-22(23-2)25-17-19-12-16-27-21(19)18-9-5-4-6-10-18;/h4-6,9-10,19-21H,3,7-8,11-17H2,1-2H3,(H2,23,24,25);1H. The largest absolute Gasteiger partial charge is 0.373 e. The molecule has 3 unspecified atom stereocenters. The Hall–Kier alpha value is -0.860. The predicted molar refractivity (Wildman–Crippen MR) is 128 cm³/mol. The van der Waals surface area contributed by atoms with Crippen LogP contribution in [0, 0.1) is 5.92 Å². The molecule has 0 aliphatic carbocycles. The molecule has 5 nitrogen and oxygen atoms in total. The first-order chi connectivity index (χ1) is 13.3. The predicted octanol–water partition coefficient (Wildman–Crippen LogP) is 3.81. The third-order valence-corrected chi connectivity index (χ3v) is 6.01. The molecule has 2 N–H and O–H groups in total. The molecule has 3 atom stereocenters. The number of halogens is 1. The second-order valence-electron chi connectivity index (χ2n) is 7.72. The van der Waals surface area contributed by atoms with Crippen molar-refractivity contribution >= 4 is 29.9 Å². The second-order valence-corrected chi connectivity index (χ2v) is 7.72. The van der Waals surface area contributed by atoms with Gasteiger partial charge in [0.2, 0.25) is 0 Å². The highest BCUT2D eigenvalue weighted by molar-refractivity contribution is 14.0. The van der Waals surface area contributed by atoms with E-state index in [2.05, 4.69) is 57.8 Å². The van der Waals surface area contributed by atoms with Crippen LogP contribution in [0.5, 0.6) is 0 Å². The Bertz CT molecular complexity index is 583. The van der Waals surface area contributed by atoms with Gasteiger partial charge in [-0.25, -0.2) is 0 Å². The van der Waals surface area contributed by atoms with Crippen LogP contribution < -0.4 is 10.6 Å². The summed E-state index contributed by atoms with van der Waals surface area (Å²) in [6.45, 7) is 7.32. The van der Waals surface area contributed by atoms with Crippen molar-refractivity contribution in [1.29, 1.82) is 0 Å². The van der Waals surface area contributed by atoms with Crippen molar-refractivity contribution in [3.63, 3.8) is 0 Å².